The van der Waals surface area contributed by atoms with E-state index in [1.807, 2.05) is 0 Å². The second-order valence-electron chi connectivity index (χ2n) is 5.15. The lowest BCUT2D eigenvalue weighted by atomic mass is 9.93. The summed E-state index contributed by atoms with van der Waals surface area (Å²) >= 11 is 3.47. The minimum absolute atomic E-state index is 0.0456. The maximum atomic E-state index is 6.23. The van der Waals surface area contributed by atoms with E-state index in [1.54, 1.807) is 0 Å². The first-order valence-corrected chi connectivity index (χ1v) is 6.90. The fourth-order valence-corrected chi connectivity index (χ4v) is 2.85. The van der Waals surface area contributed by atoms with Crippen LogP contribution in [-0.4, -0.2) is 0 Å². The van der Waals surface area contributed by atoms with Gasteiger partial charge in [0.25, 0.3) is 0 Å². The van der Waals surface area contributed by atoms with E-state index in [2.05, 4.69) is 78.3 Å². The van der Waals surface area contributed by atoms with E-state index in [1.165, 1.54) is 16.7 Å². The fourth-order valence-electron chi connectivity index (χ4n) is 2.58. The summed E-state index contributed by atoms with van der Waals surface area (Å²) in [5, 5.41) is 0. The number of hydrogen-bond donors (Lipinski definition) is 0. The monoisotopic (exact) mass is 302 g/mol. The van der Waals surface area contributed by atoms with Crippen molar-refractivity contribution in [2.75, 3.05) is 0 Å². The summed E-state index contributed by atoms with van der Waals surface area (Å²) in [6.45, 7) is 4.26. The zero-order chi connectivity index (χ0) is 12.8. The Kier molecular flexibility index (Phi) is 2.80. The van der Waals surface area contributed by atoms with Crippen molar-refractivity contribution in [2.24, 2.45) is 0 Å². The number of ether oxygens (including phenoxy) is 1. The number of fused-ring (bicyclic) bond motifs is 1. The zero-order valence-electron chi connectivity index (χ0n) is 10.5. The van der Waals surface area contributed by atoms with Gasteiger partial charge >= 0.3 is 0 Å². The molecule has 92 valence electrons. The third-order valence-corrected chi connectivity index (χ3v) is 4.01. The number of hydrogen-bond acceptors (Lipinski definition) is 1. The SMILES string of the molecule is CC1(C)O[C@H](c2ccc(Br)cc2)c2ccccc21. The second-order valence-corrected chi connectivity index (χ2v) is 6.06. The molecule has 18 heavy (non-hydrogen) atoms. The van der Waals surface area contributed by atoms with Crippen molar-refractivity contribution in [3.63, 3.8) is 0 Å². The Bertz CT molecular complexity index is 572. The van der Waals surface area contributed by atoms with Gasteiger partial charge in [-0.25, -0.2) is 0 Å². The molecule has 0 unspecified atom stereocenters. The van der Waals surface area contributed by atoms with Crippen molar-refractivity contribution in [3.8, 4) is 0 Å². The standard InChI is InChI=1S/C16H15BrO/c1-16(2)14-6-4-3-5-13(14)15(18-16)11-7-9-12(17)10-8-11/h3-10,15H,1-2H3/t15-/m1/s1. The van der Waals surface area contributed by atoms with Crippen molar-refractivity contribution in [1.82, 2.24) is 0 Å². The smallest absolute Gasteiger partial charge is 0.109 e. The second kappa shape index (κ2) is 4.22. The minimum Gasteiger partial charge on any atom is -0.358 e. The lowest BCUT2D eigenvalue weighted by molar-refractivity contribution is -0.0340. The third kappa shape index (κ3) is 1.90. The number of rotatable bonds is 1. The summed E-state index contributed by atoms with van der Waals surface area (Å²) in [5.41, 5.74) is 3.56. The van der Waals surface area contributed by atoms with Gasteiger partial charge in [-0.1, -0.05) is 52.3 Å². The maximum Gasteiger partial charge on any atom is 0.109 e. The van der Waals surface area contributed by atoms with Gasteiger partial charge in [-0.2, -0.15) is 0 Å². The highest BCUT2D eigenvalue weighted by Gasteiger charge is 2.37. The largest absolute Gasteiger partial charge is 0.358 e. The highest BCUT2D eigenvalue weighted by Crippen LogP contribution is 2.45. The molecule has 3 rings (SSSR count). The summed E-state index contributed by atoms with van der Waals surface area (Å²) in [6.07, 6.45) is 0.0456. The molecule has 2 aromatic carbocycles. The van der Waals surface area contributed by atoms with Crippen LogP contribution < -0.4 is 0 Å². The predicted octanol–water partition coefficient (Wildman–Crippen LogP) is 4.80. The molecule has 2 aromatic rings. The van der Waals surface area contributed by atoms with E-state index in [9.17, 15) is 0 Å². The average molecular weight is 303 g/mol. The van der Waals surface area contributed by atoms with Crippen LogP contribution in [0.25, 0.3) is 0 Å². The lowest BCUT2D eigenvalue weighted by Crippen LogP contribution is -2.15. The molecule has 1 aliphatic heterocycles. The Hall–Kier alpha value is -1.12. The topological polar surface area (TPSA) is 9.23 Å². The van der Waals surface area contributed by atoms with Gasteiger partial charge in [0.05, 0.1) is 5.60 Å². The Morgan fingerprint density at radius 3 is 2.39 bits per heavy atom. The van der Waals surface area contributed by atoms with Gasteiger partial charge in [-0.15, -0.1) is 0 Å². The molecule has 0 amide bonds. The lowest BCUT2D eigenvalue weighted by Gasteiger charge is -2.20. The van der Waals surface area contributed by atoms with Crippen LogP contribution in [0.4, 0.5) is 0 Å². The molecule has 2 heteroatoms. The summed E-state index contributed by atoms with van der Waals surface area (Å²) < 4.78 is 7.32. The van der Waals surface area contributed by atoms with E-state index in [4.69, 9.17) is 4.74 Å². The molecule has 0 aliphatic carbocycles. The third-order valence-electron chi connectivity index (χ3n) is 3.48. The summed E-state index contributed by atoms with van der Waals surface area (Å²) in [5.74, 6) is 0. The molecule has 1 heterocycles. The summed E-state index contributed by atoms with van der Waals surface area (Å²) in [6, 6.07) is 16.8. The van der Waals surface area contributed by atoms with Crippen molar-refractivity contribution in [2.45, 2.75) is 25.6 Å². The first-order valence-electron chi connectivity index (χ1n) is 6.10. The van der Waals surface area contributed by atoms with Crippen LogP contribution in [0.3, 0.4) is 0 Å². The van der Waals surface area contributed by atoms with Gasteiger partial charge in [0.2, 0.25) is 0 Å². The van der Waals surface area contributed by atoms with Gasteiger partial charge in [0.15, 0.2) is 0 Å². The minimum atomic E-state index is -0.214. The Labute approximate surface area is 116 Å². The molecular formula is C16H15BrO. The molecular weight excluding hydrogens is 288 g/mol. The van der Waals surface area contributed by atoms with Gasteiger partial charge in [-0.3, -0.25) is 0 Å². The summed E-state index contributed by atoms with van der Waals surface area (Å²) in [4.78, 5) is 0. The van der Waals surface area contributed by atoms with Crippen LogP contribution in [0.15, 0.2) is 53.0 Å². The van der Waals surface area contributed by atoms with Crippen LogP contribution in [0.2, 0.25) is 0 Å². The van der Waals surface area contributed by atoms with E-state index < -0.39 is 0 Å². The molecule has 0 saturated heterocycles. The Balaban J connectivity index is 2.08. The summed E-state index contributed by atoms with van der Waals surface area (Å²) in [7, 11) is 0. The van der Waals surface area contributed by atoms with Crippen LogP contribution >= 0.6 is 15.9 Å². The number of halogens is 1. The van der Waals surface area contributed by atoms with Gasteiger partial charge < -0.3 is 4.74 Å². The van der Waals surface area contributed by atoms with E-state index >= 15 is 0 Å². The molecule has 1 atom stereocenters. The Morgan fingerprint density at radius 1 is 1.00 bits per heavy atom. The molecule has 0 bridgehead atoms. The molecule has 0 fully saturated rings. The molecule has 0 spiro atoms. The molecule has 0 radical (unpaired) electrons. The highest BCUT2D eigenvalue weighted by molar-refractivity contribution is 9.10. The number of benzene rings is 2. The first-order chi connectivity index (χ1) is 8.58. The van der Waals surface area contributed by atoms with E-state index in [0.29, 0.717) is 0 Å². The zero-order valence-corrected chi connectivity index (χ0v) is 12.1. The van der Waals surface area contributed by atoms with Gasteiger partial charge in [0, 0.05) is 4.47 Å². The van der Waals surface area contributed by atoms with Crippen LogP contribution in [-0.2, 0) is 10.3 Å². The molecule has 0 aromatic heterocycles. The normalized spacial score (nSPS) is 20.7. The first kappa shape index (κ1) is 11.9. The quantitative estimate of drug-likeness (QED) is 0.735. The van der Waals surface area contributed by atoms with Crippen LogP contribution in [0, 0.1) is 0 Å². The molecule has 1 nitrogen and oxygen atoms in total. The molecule has 1 aliphatic rings. The molecule has 0 N–H and O–H groups in total. The predicted molar refractivity (Wildman–Crippen MR) is 76.5 cm³/mol. The fraction of sp³-hybridized carbons (Fsp3) is 0.250. The van der Waals surface area contributed by atoms with Crippen LogP contribution in [0.1, 0.15) is 36.6 Å². The highest BCUT2D eigenvalue weighted by atomic mass is 79.9. The van der Waals surface area contributed by atoms with Crippen molar-refractivity contribution in [3.05, 3.63) is 69.7 Å². The van der Waals surface area contributed by atoms with Crippen molar-refractivity contribution in [1.29, 1.82) is 0 Å². The van der Waals surface area contributed by atoms with Crippen LogP contribution in [0.5, 0.6) is 0 Å². The van der Waals surface area contributed by atoms with Gasteiger partial charge in [0.1, 0.15) is 6.10 Å². The van der Waals surface area contributed by atoms with Crippen molar-refractivity contribution < 1.29 is 4.74 Å². The van der Waals surface area contributed by atoms with E-state index in [0.717, 1.165) is 4.47 Å². The Morgan fingerprint density at radius 2 is 1.67 bits per heavy atom. The van der Waals surface area contributed by atoms with E-state index in [-0.39, 0.29) is 11.7 Å². The maximum absolute atomic E-state index is 6.23. The molecule has 0 saturated carbocycles. The average Bonchev–Trinajstić information content (AvgIpc) is 2.63. The van der Waals surface area contributed by atoms with Gasteiger partial charge in [-0.05, 0) is 42.7 Å². The van der Waals surface area contributed by atoms with Crippen molar-refractivity contribution >= 4 is 15.9 Å².